The SMILES string of the molecule is CCc1nnc(NC(=O)CN(C)S(=O)(=O)c2cccs2)s1. The van der Waals surface area contributed by atoms with Crippen LogP contribution in [0.25, 0.3) is 0 Å². The van der Waals surface area contributed by atoms with Gasteiger partial charge in [-0.1, -0.05) is 24.3 Å². The molecule has 0 fully saturated rings. The molecule has 0 saturated heterocycles. The topological polar surface area (TPSA) is 92.3 Å². The van der Waals surface area contributed by atoms with E-state index >= 15 is 0 Å². The number of nitrogens with one attached hydrogen (secondary N) is 1. The summed E-state index contributed by atoms with van der Waals surface area (Å²) < 4.78 is 25.5. The highest BCUT2D eigenvalue weighted by Gasteiger charge is 2.24. The number of anilines is 1. The summed E-state index contributed by atoms with van der Waals surface area (Å²) in [6.45, 7) is 1.66. The van der Waals surface area contributed by atoms with Crippen LogP contribution in [0.4, 0.5) is 5.13 Å². The number of thiophene rings is 1. The number of aryl methyl sites for hydroxylation is 1. The van der Waals surface area contributed by atoms with Crippen LogP contribution in [0.15, 0.2) is 21.7 Å². The molecule has 0 aliphatic rings. The largest absolute Gasteiger partial charge is 0.299 e. The Morgan fingerprint density at radius 2 is 2.19 bits per heavy atom. The van der Waals surface area contributed by atoms with Crippen LogP contribution in [-0.4, -0.2) is 42.4 Å². The molecule has 2 rings (SSSR count). The van der Waals surface area contributed by atoms with Crippen molar-refractivity contribution in [2.24, 2.45) is 0 Å². The third-order valence-electron chi connectivity index (χ3n) is 2.54. The minimum atomic E-state index is -3.62. The Morgan fingerprint density at radius 1 is 1.43 bits per heavy atom. The van der Waals surface area contributed by atoms with Crippen LogP contribution in [0.1, 0.15) is 11.9 Å². The van der Waals surface area contributed by atoms with Gasteiger partial charge in [-0.25, -0.2) is 8.42 Å². The number of amides is 1. The summed E-state index contributed by atoms with van der Waals surface area (Å²) in [4.78, 5) is 11.9. The fourth-order valence-corrected chi connectivity index (χ4v) is 4.48. The molecule has 1 N–H and O–H groups in total. The van der Waals surface area contributed by atoms with Gasteiger partial charge in [0.25, 0.3) is 10.0 Å². The maximum atomic E-state index is 12.2. The van der Waals surface area contributed by atoms with Crippen molar-refractivity contribution in [2.75, 3.05) is 18.9 Å². The quantitative estimate of drug-likeness (QED) is 0.854. The van der Waals surface area contributed by atoms with E-state index in [-0.39, 0.29) is 10.8 Å². The van der Waals surface area contributed by atoms with Crippen molar-refractivity contribution in [3.63, 3.8) is 0 Å². The van der Waals surface area contributed by atoms with E-state index in [4.69, 9.17) is 0 Å². The number of nitrogens with zero attached hydrogens (tertiary/aromatic N) is 3. The van der Waals surface area contributed by atoms with Gasteiger partial charge in [-0.15, -0.1) is 21.5 Å². The molecule has 0 bridgehead atoms. The number of carbonyl (C=O) groups is 1. The van der Waals surface area contributed by atoms with Gasteiger partial charge in [0.15, 0.2) is 0 Å². The molecule has 0 unspecified atom stereocenters. The van der Waals surface area contributed by atoms with Crippen LogP contribution in [0.3, 0.4) is 0 Å². The fourth-order valence-electron chi connectivity index (χ4n) is 1.46. The average molecular weight is 346 g/mol. The molecule has 0 aromatic carbocycles. The first-order valence-corrected chi connectivity index (χ1v) is 9.19. The lowest BCUT2D eigenvalue weighted by Gasteiger charge is -2.14. The van der Waals surface area contributed by atoms with E-state index in [0.717, 1.165) is 27.1 Å². The highest BCUT2D eigenvalue weighted by molar-refractivity contribution is 7.91. The summed E-state index contributed by atoms with van der Waals surface area (Å²) in [6, 6.07) is 3.16. The predicted octanol–water partition coefficient (Wildman–Crippen LogP) is 1.42. The van der Waals surface area contributed by atoms with E-state index in [0.29, 0.717) is 5.13 Å². The van der Waals surface area contributed by atoms with Gasteiger partial charge in [-0.05, 0) is 17.9 Å². The fraction of sp³-hybridized carbons (Fsp3) is 0.364. The van der Waals surface area contributed by atoms with Crippen molar-refractivity contribution in [1.82, 2.24) is 14.5 Å². The molecule has 0 atom stereocenters. The average Bonchev–Trinajstić information content (AvgIpc) is 3.09. The van der Waals surface area contributed by atoms with Crippen LogP contribution >= 0.6 is 22.7 Å². The van der Waals surface area contributed by atoms with Gasteiger partial charge in [0.05, 0.1) is 6.54 Å². The first-order chi connectivity index (χ1) is 9.93. The van der Waals surface area contributed by atoms with Crippen molar-refractivity contribution >= 4 is 43.7 Å². The minimum Gasteiger partial charge on any atom is -0.299 e. The Kier molecular flexibility index (Phi) is 5.04. The van der Waals surface area contributed by atoms with Crippen LogP contribution in [0.2, 0.25) is 0 Å². The molecule has 0 radical (unpaired) electrons. The Bertz CT molecular complexity index is 709. The van der Waals surface area contributed by atoms with Gasteiger partial charge in [0, 0.05) is 7.05 Å². The van der Waals surface area contributed by atoms with E-state index in [1.807, 2.05) is 6.92 Å². The third kappa shape index (κ3) is 3.84. The summed E-state index contributed by atoms with van der Waals surface area (Å²) in [5.74, 6) is -0.448. The second kappa shape index (κ2) is 6.60. The van der Waals surface area contributed by atoms with Gasteiger partial charge >= 0.3 is 0 Å². The Labute approximate surface area is 130 Å². The highest BCUT2D eigenvalue weighted by atomic mass is 32.2. The second-order valence-corrected chi connectivity index (χ2v) is 8.38. The summed E-state index contributed by atoms with van der Waals surface area (Å²) in [6.07, 6.45) is 0.736. The number of hydrogen-bond acceptors (Lipinski definition) is 7. The lowest BCUT2D eigenvalue weighted by Crippen LogP contribution is -2.34. The summed E-state index contributed by atoms with van der Waals surface area (Å²) in [5, 5.41) is 13.1. The zero-order valence-electron chi connectivity index (χ0n) is 11.4. The number of likely N-dealkylation sites (N-methyl/N-ethyl adjacent to an activating group) is 1. The molecule has 21 heavy (non-hydrogen) atoms. The lowest BCUT2D eigenvalue weighted by molar-refractivity contribution is -0.116. The molecule has 0 aliphatic heterocycles. The molecule has 2 aromatic heterocycles. The summed E-state index contributed by atoms with van der Waals surface area (Å²) in [7, 11) is -2.26. The van der Waals surface area contributed by atoms with Crippen molar-refractivity contribution in [1.29, 1.82) is 0 Å². The zero-order chi connectivity index (χ0) is 15.5. The van der Waals surface area contributed by atoms with Crippen molar-refractivity contribution < 1.29 is 13.2 Å². The molecular formula is C11H14N4O3S3. The van der Waals surface area contributed by atoms with Gasteiger partial charge in [-0.3, -0.25) is 10.1 Å². The zero-order valence-corrected chi connectivity index (χ0v) is 13.9. The standard InChI is InChI=1S/C11H14N4O3S3/c1-3-9-13-14-11(20-9)12-8(16)7-15(2)21(17,18)10-5-4-6-19-10/h4-6H,3,7H2,1-2H3,(H,12,14,16). The number of hydrogen-bond donors (Lipinski definition) is 1. The maximum absolute atomic E-state index is 12.2. The highest BCUT2D eigenvalue weighted by Crippen LogP contribution is 2.20. The van der Waals surface area contributed by atoms with Gasteiger partial charge in [-0.2, -0.15) is 4.31 Å². The minimum absolute atomic E-state index is 0.210. The molecule has 1 amide bonds. The Balaban J connectivity index is 1.99. The molecule has 10 heteroatoms. The molecule has 0 aliphatic carbocycles. The molecule has 2 aromatic rings. The summed E-state index contributed by atoms with van der Waals surface area (Å²) >= 11 is 2.39. The molecule has 7 nitrogen and oxygen atoms in total. The van der Waals surface area contributed by atoms with Crippen LogP contribution in [-0.2, 0) is 21.2 Å². The van der Waals surface area contributed by atoms with E-state index in [2.05, 4.69) is 15.5 Å². The molecule has 2 heterocycles. The van der Waals surface area contributed by atoms with E-state index in [9.17, 15) is 13.2 Å². The van der Waals surface area contributed by atoms with Crippen LogP contribution < -0.4 is 5.32 Å². The van der Waals surface area contributed by atoms with Crippen molar-refractivity contribution in [3.8, 4) is 0 Å². The summed E-state index contributed by atoms with van der Waals surface area (Å²) in [5.41, 5.74) is 0. The van der Waals surface area contributed by atoms with Gasteiger partial charge in [0.2, 0.25) is 11.0 Å². The number of rotatable bonds is 6. The normalized spacial score (nSPS) is 11.8. The van der Waals surface area contributed by atoms with Gasteiger partial charge < -0.3 is 0 Å². The Morgan fingerprint density at radius 3 is 2.76 bits per heavy atom. The first-order valence-electron chi connectivity index (χ1n) is 6.05. The smallest absolute Gasteiger partial charge is 0.252 e. The Hall–Kier alpha value is -1.36. The number of sulfonamides is 1. The van der Waals surface area contributed by atoms with Crippen LogP contribution in [0, 0.1) is 0 Å². The first kappa shape index (κ1) is 16.0. The van der Waals surface area contributed by atoms with E-state index < -0.39 is 15.9 Å². The third-order valence-corrected chi connectivity index (χ3v) is 6.70. The van der Waals surface area contributed by atoms with E-state index in [1.54, 1.807) is 11.4 Å². The lowest BCUT2D eigenvalue weighted by atomic mass is 10.5. The predicted molar refractivity (Wildman–Crippen MR) is 82.1 cm³/mol. The number of aromatic nitrogens is 2. The van der Waals surface area contributed by atoms with Crippen molar-refractivity contribution in [3.05, 3.63) is 22.5 Å². The molecule has 0 spiro atoms. The second-order valence-electron chi connectivity index (χ2n) is 4.10. The van der Waals surface area contributed by atoms with E-state index in [1.165, 1.54) is 24.5 Å². The molecular weight excluding hydrogens is 332 g/mol. The van der Waals surface area contributed by atoms with Gasteiger partial charge in [0.1, 0.15) is 9.22 Å². The molecule has 114 valence electrons. The van der Waals surface area contributed by atoms with Crippen molar-refractivity contribution in [2.45, 2.75) is 17.6 Å². The number of carbonyl (C=O) groups excluding carboxylic acids is 1. The maximum Gasteiger partial charge on any atom is 0.252 e. The molecule has 0 saturated carbocycles. The van der Waals surface area contributed by atoms with Crippen LogP contribution in [0.5, 0.6) is 0 Å². The monoisotopic (exact) mass is 346 g/mol.